The summed E-state index contributed by atoms with van der Waals surface area (Å²) >= 11 is 0. The van der Waals surface area contributed by atoms with Crippen LogP contribution >= 0.6 is 0 Å². The molecule has 1 fully saturated rings. The molecule has 140 valence electrons. The lowest BCUT2D eigenvalue weighted by molar-refractivity contribution is -0.0522. The summed E-state index contributed by atoms with van der Waals surface area (Å²) in [5.74, 6) is 0. The first-order valence-corrected chi connectivity index (χ1v) is 8.43. The predicted molar refractivity (Wildman–Crippen MR) is 96.4 cm³/mol. The van der Waals surface area contributed by atoms with Crippen LogP contribution in [0.25, 0.3) is 11.0 Å². The van der Waals surface area contributed by atoms with E-state index in [9.17, 15) is 9.59 Å². The molecular formula is C18H23N3O5. The quantitative estimate of drug-likeness (QED) is 0.901. The Balaban J connectivity index is 2.16. The Kier molecular flexibility index (Phi) is 4.97. The summed E-state index contributed by atoms with van der Waals surface area (Å²) in [6.07, 6.45) is -1.07. The summed E-state index contributed by atoms with van der Waals surface area (Å²) < 4.78 is 17.2. The number of fused-ring (bicyclic) bond motifs is 1. The highest BCUT2D eigenvalue weighted by Crippen LogP contribution is 2.30. The van der Waals surface area contributed by atoms with Crippen molar-refractivity contribution >= 4 is 22.8 Å². The smallest absolute Gasteiger partial charge is 0.411 e. The van der Waals surface area contributed by atoms with E-state index in [2.05, 4.69) is 5.32 Å². The Morgan fingerprint density at radius 2 is 2.04 bits per heavy atom. The van der Waals surface area contributed by atoms with Crippen molar-refractivity contribution in [2.75, 3.05) is 25.6 Å². The van der Waals surface area contributed by atoms with Crippen molar-refractivity contribution in [3.63, 3.8) is 0 Å². The van der Waals surface area contributed by atoms with Gasteiger partial charge in [-0.25, -0.2) is 9.78 Å². The van der Waals surface area contributed by atoms with Crippen molar-refractivity contribution in [2.24, 2.45) is 0 Å². The third-order valence-corrected chi connectivity index (χ3v) is 4.13. The maximum atomic E-state index is 12.4. The number of nitrogens with zero attached hydrogens (tertiary/aromatic N) is 2. The number of carbonyl (C=O) groups excluding carboxylic acids is 1. The number of hydrogen-bond donors (Lipinski definition) is 1. The van der Waals surface area contributed by atoms with E-state index in [0.29, 0.717) is 35.6 Å². The fraction of sp³-hybridized carbons (Fsp3) is 0.500. The molecule has 1 aliphatic rings. The van der Waals surface area contributed by atoms with E-state index in [0.717, 1.165) is 0 Å². The molecule has 8 nitrogen and oxygen atoms in total. The molecule has 2 aromatic rings. The molecule has 0 radical (unpaired) electrons. The molecule has 1 saturated heterocycles. The maximum Gasteiger partial charge on any atom is 0.411 e. The first-order chi connectivity index (χ1) is 12.3. The normalized spacial score (nSPS) is 15.4. The number of anilines is 1. The molecular weight excluding hydrogens is 338 g/mol. The van der Waals surface area contributed by atoms with Crippen LogP contribution in [0.15, 0.2) is 23.0 Å². The number of carbonyl (C=O) groups is 1. The zero-order valence-electron chi connectivity index (χ0n) is 15.4. The van der Waals surface area contributed by atoms with Gasteiger partial charge in [0.05, 0.1) is 49.3 Å². The van der Waals surface area contributed by atoms with Gasteiger partial charge >= 0.3 is 6.09 Å². The number of nitrogens with one attached hydrogen (secondary N) is 1. The van der Waals surface area contributed by atoms with E-state index in [1.54, 1.807) is 16.7 Å². The van der Waals surface area contributed by atoms with Gasteiger partial charge in [-0.3, -0.25) is 10.1 Å². The highest BCUT2D eigenvalue weighted by molar-refractivity contribution is 5.89. The van der Waals surface area contributed by atoms with Crippen molar-refractivity contribution in [3.8, 4) is 0 Å². The average molecular weight is 361 g/mol. The minimum Gasteiger partial charge on any atom is -0.453 e. The van der Waals surface area contributed by atoms with Gasteiger partial charge in [0.2, 0.25) is 0 Å². The number of hydrogen-bond acceptors (Lipinski definition) is 6. The molecule has 0 atom stereocenters. The second kappa shape index (κ2) is 7.05. The summed E-state index contributed by atoms with van der Waals surface area (Å²) in [5, 5.41) is 2.70. The van der Waals surface area contributed by atoms with Gasteiger partial charge in [-0.2, -0.15) is 0 Å². The van der Waals surface area contributed by atoms with E-state index in [-0.39, 0.29) is 17.5 Å². The molecule has 1 aliphatic heterocycles. The Hall–Kier alpha value is -2.45. The summed E-state index contributed by atoms with van der Waals surface area (Å²) in [6.45, 7) is 7.27. The first kappa shape index (κ1) is 18.3. The largest absolute Gasteiger partial charge is 0.453 e. The van der Waals surface area contributed by atoms with Crippen LogP contribution in [-0.2, 0) is 26.2 Å². The van der Waals surface area contributed by atoms with Crippen LogP contribution in [-0.4, -0.2) is 42.3 Å². The second-order valence-electron chi connectivity index (χ2n) is 7.11. The molecule has 0 bridgehead atoms. The van der Waals surface area contributed by atoms with Crippen molar-refractivity contribution in [1.82, 2.24) is 9.55 Å². The van der Waals surface area contributed by atoms with Crippen LogP contribution < -0.4 is 10.9 Å². The van der Waals surface area contributed by atoms with Gasteiger partial charge in [-0.05, 0) is 12.1 Å². The van der Waals surface area contributed by atoms with Crippen molar-refractivity contribution in [1.29, 1.82) is 0 Å². The van der Waals surface area contributed by atoms with Gasteiger partial charge in [-0.15, -0.1) is 0 Å². The van der Waals surface area contributed by atoms with Crippen molar-refractivity contribution in [3.05, 3.63) is 34.2 Å². The van der Waals surface area contributed by atoms with Gasteiger partial charge in [0.15, 0.2) is 6.29 Å². The lowest BCUT2D eigenvalue weighted by Crippen LogP contribution is -2.28. The van der Waals surface area contributed by atoms with E-state index >= 15 is 0 Å². The lowest BCUT2D eigenvalue weighted by atomic mass is 9.90. The van der Waals surface area contributed by atoms with E-state index in [1.165, 1.54) is 13.2 Å². The van der Waals surface area contributed by atoms with E-state index in [1.807, 2.05) is 20.8 Å². The minimum atomic E-state index is -0.594. The molecule has 1 amide bonds. The van der Waals surface area contributed by atoms with E-state index in [4.69, 9.17) is 19.2 Å². The summed E-state index contributed by atoms with van der Waals surface area (Å²) in [5.41, 5.74) is 1.95. The number of methoxy groups -OCH3 is 1. The summed E-state index contributed by atoms with van der Waals surface area (Å²) in [6, 6.07) is 4.90. The molecule has 2 aromatic heterocycles. The molecule has 3 heterocycles. The Morgan fingerprint density at radius 3 is 2.65 bits per heavy atom. The van der Waals surface area contributed by atoms with Crippen LogP contribution in [0, 0.1) is 0 Å². The topological polar surface area (TPSA) is 91.7 Å². The number of amides is 1. The highest BCUT2D eigenvalue weighted by Gasteiger charge is 2.24. The molecule has 1 N–H and O–H groups in total. The van der Waals surface area contributed by atoms with Gasteiger partial charge in [-0.1, -0.05) is 20.8 Å². The standard InChI is InChI=1S/C18H23N3O5/c1-18(2,3)16-12(20-17(23)24-4)9-13-11(19-16)5-6-14(22)21(13)10-15-25-7-8-26-15/h5-6,9,15H,7-8,10H2,1-4H3,(H,20,23). The molecule has 0 spiro atoms. The molecule has 0 aromatic carbocycles. The molecule has 0 saturated carbocycles. The van der Waals surface area contributed by atoms with Gasteiger partial charge in [0, 0.05) is 11.5 Å². The molecule has 26 heavy (non-hydrogen) atoms. The van der Waals surface area contributed by atoms with Crippen LogP contribution in [0.2, 0.25) is 0 Å². The van der Waals surface area contributed by atoms with Gasteiger partial charge < -0.3 is 18.8 Å². The molecule has 0 unspecified atom stereocenters. The predicted octanol–water partition coefficient (Wildman–Crippen LogP) is 2.25. The second-order valence-corrected chi connectivity index (χ2v) is 7.11. The fourth-order valence-corrected chi connectivity index (χ4v) is 2.89. The van der Waals surface area contributed by atoms with Crippen LogP contribution in [0.3, 0.4) is 0 Å². The zero-order chi connectivity index (χ0) is 18.9. The number of ether oxygens (including phenoxy) is 3. The van der Waals surface area contributed by atoms with Crippen molar-refractivity contribution < 1.29 is 19.0 Å². The molecule has 0 aliphatic carbocycles. The fourth-order valence-electron chi connectivity index (χ4n) is 2.89. The lowest BCUT2D eigenvalue weighted by Gasteiger charge is -2.23. The maximum absolute atomic E-state index is 12.4. The first-order valence-electron chi connectivity index (χ1n) is 8.43. The average Bonchev–Trinajstić information content (AvgIpc) is 3.09. The Bertz CT molecular complexity index is 879. The number of rotatable bonds is 3. The molecule has 8 heteroatoms. The summed E-state index contributed by atoms with van der Waals surface area (Å²) in [7, 11) is 1.30. The molecule has 3 rings (SSSR count). The number of aromatic nitrogens is 2. The third-order valence-electron chi connectivity index (χ3n) is 4.13. The Labute approximate surface area is 151 Å². The van der Waals surface area contributed by atoms with Crippen LogP contribution in [0.1, 0.15) is 26.5 Å². The van der Waals surface area contributed by atoms with E-state index < -0.39 is 12.4 Å². The van der Waals surface area contributed by atoms with Gasteiger partial charge in [0.25, 0.3) is 5.56 Å². The van der Waals surface area contributed by atoms with Crippen LogP contribution in [0.4, 0.5) is 10.5 Å². The van der Waals surface area contributed by atoms with Crippen molar-refractivity contribution in [2.45, 2.75) is 39.0 Å². The number of pyridine rings is 2. The SMILES string of the molecule is COC(=O)Nc1cc2c(ccc(=O)n2CC2OCCO2)nc1C(C)(C)C. The minimum absolute atomic E-state index is 0.189. The third kappa shape index (κ3) is 3.71. The Morgan fingerprint density at radius 1 is 1.35 bits per heavy atom. The summed E-state index contributed by atoms with van der Waals surface area (Å²) in [4.78, 5) is 28.9. The highest BCUT2D eigenvalue weighted by atomic mass is 16.7. The van der Waals surface area contributed by atoms with Gasteiger partial charge in [0.1, 0.15) is 0 Å². The zero-order valence-corrected chi connectivity index (χ0v) is 15.4. The monoisotopic (exact) mass is 361 g/mol. The van der Waals surface area contributed by atoms with Crippen LogP contribution in [0.5, 0.6) is 0 Å².